The number of hydrogen-bond acceptors (Lipinski definition) is 4. The van der Waals surface area contributed by atoms with E-state index >= 15 is 0 Å². The van der Waals surface area contributed by atoms with Crippen molar-refractivity contribution >= 4 is 40.4 Å². The average Bonchev–Trinajstić information content (AvgIpc) is 3.09. The van der Waals surface area contributed by atoms with Crippen LogP contribution in [0.25, 0.3) is 22.5 Å². The molecule has 1 aliphatic heterocycles. The number of rotatable bonds is 3. The van der Waals surface area contributed by atoms with Gasteiger partial charge in [0.1, 0.15) is 5.57 Å². The molecule has 1 aliphatic rings. The van der Waals surface area contributed by atoms with Crippen molar-refractivity contribution < 1.29 is 14.4 Å². The number of carbonyl (C=O) groups excluding carboxylic acids is 3. The second-order valence-corrected chi connectivity index (χ2v) is 7.79. The highest BCUT2D eigenvalue weighted by Gasteiger charge is 2.37. The summed E-state index contributed by atoms with van der Waals surface area (Å²) in [4.78, 5) is 39.1. The normalized spacial score (nSPS) is 15.4. The van der Waals surface area contributed by atoms with Crippen molar-refractivity contribution in [3.05, 3.63) is 95.3 Å². The number of imide groups is 2. The first-order chi connectivity index (χ1) is 16.0. The quantitative estimate of drug-likeness (QED) is 0.383. The van der Waals surface area contributed by atoms with E-state index in [-0.39, 0.29) is 5.57 Å². The molecule has 1 aromatic heterocycles. The van der Waals surface area contributed by atoms with Crippen LogP contribution in [0.5, 0.6) is 0 Å². The van der Waals surface area contributed by atoms with Crippen LogP contribution in [-0.2, 0) is 9.59 Å². The van der Waals surface area contributed by atoms with Crippen LogP contribution in [0.1, 0.15) is 17.0 Å². The topological polar surface area (TPSA) is 84.3 Å². The monoisotopic (exact) mass is 436 g/mol. The van der Waals surface area contributed by atoms with Crippen LogP contribution in [-0.4, -0.2) is 27.6 Å². The molecule has 162 valence electrons. The molecule has 0 spiro atoms. The van der Waals surface area contributed by atoms with Gasteiger partial charge < -0.3 is 0 Å². The van der Waals surface area contributed by atoms with E-state index in [4.69, 9.17) is 0 Å². The third-order valence-corrected chi connectivity index (χ3v) is 5.75. The van der Waals surface area contributed by atoms with Crippen molar-refractivity contribution in [2.75, 3.05) is 4.90 Å². The summed E-state index contributed by atoms with van der Waals surface area (Å²) in [6.45, 7) is 3.71. The third-order valence-electron chi connectivity index (χ3n) is 5.75. The van der Waals surface area contributed by atoms with E-state index in [1.54, 1.807) is 30.3 Å². The summed E-state index contributed by atoms with van der Waals surface area (Å²) >= 11 is 0. The van der Waals surface area contributed by atoms with Crippen molar-refractivity contribution in [1.29, 1.82) is 0 Å². The zero-order valence-corrected chi connectivity index (χ0v) is 18.1. The summed E-state index contributed by atoms with van der Waals surface area (Å²) in [5, 5.41) is 9.07. The Labute approximate surface area is 189 Å². The lowest BCUT2D eigenvalue weighted by Crippen LogP contribution is -2.54. The van der Waals surface area contributed by atoms with E-state index in [0.29, 0.717) is 16.9 Å². The van der Waals surface area contributed by atoms with E-state index in [1.807, 2.05) is 61.0 Å². The van der Waals surface area contributed by atoms with E-state index in [0.717, 1.165) is 27.1 Å². The third kappa shape index (κ3) is 3.40. The van der Waals surface area contributed by atoms with E-state index in [2.05, 4.69) is 10.4 Å². The Kier molecular flexibility index (Phi) is 4.86. The number of anilines is 1. The molecule has 5 rings (SSSR count). The van der Waals surface area contributed by atoms with Crippen LogP contribution >= 0.6 is 0 Å². The van der Waals surface area contributed by atoms with Crippen LogP contribution in [0, 0.1) is 13.8 Å². The summed E-state index contributed by atoms with van der Waals surface area (Å²) in [6, 6.07) is 21.7. The standard InChI is InChI=1S/C26H20N4O3/c1-16-21(17(2)30(28-16)23-14-8-10-18-9-6-7-13-20(18)23)15-22-24(31)27-26(33)29(25(22)32)19-11-4-3-5-12-19/h3-15H,1-2H3,(H,27,31,33)/b22-15-. The molecule has 1 saturated heterocycles. The van der Waals surface area contributed by atoms with Gasteiger partial charge in [-0.25, -0.2) is 14.4 Å². The summed E-state index contributed by atoms with van der Waals surface area (Å²) in [6.07, 6.45) is 1.51. The molecule has 33 heavy (non-hydrogen) atoms. The molecular formula is C26H20N4O3. The Hall–Kier alpha value is -4.52. The predicted molar refractivity (Wildman–Crippen MR) is 126 cm³/mol. The molecule has 1 N–H and O–H groups in total. The first kappa shape index (κ1) is 20.4. The molecule has 7 nitrogen and oxygen atoms in total. The summed E-state index contributed by atoms with van der Waals surface area (Å²) in [7, 11) is 0. The Morgan fingerprint density at radius 3 is 2.33 bits per heavy atom. The van der Waals surface area contributed by atoms with Gasteiger partial charge in [0.15, 0.2) is 0 Å². The molecule has 2 heterocycles. The second kappa shape index (κ2) is 7.87. The van der Waals surface area contributed by atoms with Crippen LogP contribution < -0.4 is 10.2 Å². The largest absolute Gasteiger partial charge is 0.335 e. The molecule has 0 saturated carbocycles. The fourth-order valence-corrected chi connectivity index (χ4v) is 4.10. The molecule has 7 heteroatoms. The van der Waals surface area contributed by atoms with Gasteiger partial charge in [0.2, 0.25) is 0 Å². The van der Waals surface area contributed by atoms with Gasteiger partial charge in [0.25, 0.3) is 11.8 Å². The molecule has 4 aromatic rings. The zero-order valence-electron chi connectivity index (χ0n) is 18.1. The maximum atomic E-state index is 13.2. The number of urea groups is 1. The minimum Gasteiger partial charge on any atom is -0.273 e. The van der Waals surface area contributed by atoms with Gasteiger partial charge in [-0.2, -0.15) is 5.10 Å². The highest BCUT2D eigenvalue weighted by Crippen LogP contribution is 2.28. The summed E-state index contributed by atoms with van der Waals surface area (Å²) in [5.74, 6) is -1.40. The van der Waals surface area contributed by atoms with Crippen molar-refractivity contribution in [3.8, 4) is 5.69 Å². The Morgan fingerprint density at radius 1 is 0.848 bits per heavy atom. The number of hydrogen-bond donors (Lipinski definition) is 1. The van der Waals surface area contributed by atoms with Gasteiger partial charge in [-0.3, -0.25) is 14.9 Å². The molecule has 4 amide bonds. The summed E-state index contributed by atoms with van der Waals surface area (Å²) in [5.41, 5.74) is 3.26. The predicted octanol–water partition coefficient (Wildman–Crippen LogP) is 4.31. The fraction of sp³-hybridized carbons (Fsp3) is 0.0769. The van der Waals surface area contributed by atoms with Crippen LogP contribution in [0.2, 0.25) is 0 Å². The minimum absolute atomic E-state index is 0.123. The Bertz CT molecular complexity index is 1460. The first-order valence-corrected chi connectivity index (χ1v) is 10.5. The number of benzene rings is 3. The number of aryl methyl sites for hydroxylation is 1. The van der Waals surface area contributed by atoms with Gasteiger partial charge >= 0.3 is 6.03 Å². The number of amides is 4. The first-order valence-electron chi connectivity index (χ1n) is 10.5. The lowest BCUT2D eigenvalue weighted by molar-refractivity contribution is -0.122. The van der Waals surface area contributed by atoms with Crippen molar-refractivity contribution in [1.82, 2.24) is 15.1 Å². The minimum atomic E-state index is -0.770. The molecule has 0 aliphatic carbocycles. The second-order valence-electron chi connectivity index (χ2n) is 7.79. The fourth-order valence-electron chi connectivity index (χ4n) is 4.10. The van der Waals surface area contributed by atoms with Gasteiger partial charge in [0, 0.05) is 16.6 Å². The maximum absolute atomic E-state index is 13.2. The number of para-hydroxylation sites is 1. The zero-order chi connectivity index (χ0) is 23.1. The maximum Gasteiger partial charge on any atom is 0.335 e. The Balaban J connectivity index is 1.61. The molecule has 0 radical (unpaired) electrons. The number of barbiturate groups is 1. The van der Waals surface area contributed by atoms with Gasteiger partial charge in [-0.05, 0) is 43.5 Å². The summed E-state index contributed by atoms with van der Waals surface area (Å²) < 4.78 is 1.81. The number of fused-ring (bicyclic) bond motifs is 1. The van der Waals surface area contributed by atoms with Crippen molar-refractivity contribution in [3.63, 3.8) is 0 Å². The molecule has 3 aromatic carbocycles. The van der Waals surface area contributed by atoms with Crippen LogP contribution in [0.15, 0.2) is 78.4 Å². The lowest BCUT2D eigenvalue weighted by Gasteiger charge is -2.26. The van der Waals surface area contributed by atoms with Gasteiger partial charge in [-0.15, -0.1) is 0 Å². The number of nitrogens with one attached hydrogen (secondary N) is 1. The molecule has 0 unspecified atom stereocenters. The van der Waals surface area contributed by atoms with E-state index < -0.39 is 17.8 Å². The SMILES string of the molecule is Cc1nn(-c2cccc3ccccc23)c(C)c1/C=C1/C(=O)NC(=O)N(c2ccccc2)C1=O. The smallest absolute Gasteiger partial charge is 0.273 e. The molecule has 0 atom stereocenters. The molecule has 0 bridgehead atoms. The molecular weight excluding hydrogens is 416 g/mol. The highest BCUT2D eigenvalue weighted by atomic mass is 16.2. The van der Waals surface area contributed by atoms with Gasteiger partial charge in [0.05, 0.1) is 17.1 Å². The average molecular weight is 436 g/mol. The number of aromatic nitrogens is 2. The van der Waals surface area contributed by atoms with Crippen LogP contribution in [0.4, 0.5) is 10.5 Å². The Morgan fingerprint density at radius 2 is 1.55 bits per heavy atom. The van der Waals surface area contributed by atoms with Crippen molar-refractivity contribution in [2.45, 2.75) is 13.8 Å². The number of carbonyl (C=O) groups is 3. The van der Waals surface area contributed by atoms with Gasteiger partial charge in [-0.1, -0.05) is 54.6 Å². The highest BCUT2D eigenvalue weighted by molar-refractivity contribution is 6.39. The lowest BCUT2D eigenvalue weighted by atomic mass is 10.1. The van der Waals surface area contributed by atoms with Crippen LogP contribution in [0.3, 0.4) is 0 Å². The van der Waals surface area contributed by atoms with E-state index in [9.17, 15) is 14.4 Å². The van der Waals surface area contributed by atoms with E-state index in [1.165, 1.54) is 6.08 Å². The van der Waals surface area contributed by atoms with Crippen molar-refractivity contribution in [2.24, 2.45) is 0 Å². The molecule has 1 fully saturated rings. The number of nitrogens with zero attached hydrogens (tertiary/aromatic N) is 3.